The van der Waals surface area contributed by atoms with Crippen LogP contribution in [0.5, 0.6) is 0 Å². The molecule has 0 bridgehead atoms. The summed E-state index contributed by atoms with van der Waals surface area (Å²) >= 11 is 0. The summed E-state index contributed by atoms with van der Waals surface area (Å²) in [6, 6.07) is 0. The highest BCUT2D eigenvalue weighted by Crippen LogP contribution is 2.25. The molecule has 1 fully saturated rings. The van der Waals surface area contributed by atoms with E-state index in [2.05, 4.69) is 25.1 Å². The number of likely N-dealkylation sites (N-methyl/N-ethyl adjacent to an activating group) is 1. The second-order valence-electron chi connectivity index (χ2n) is 5.98. The Hall–Kier alpha value is -2.22. The van der Waals surface area contributed by atoms with Crippen LogP contribution in [-0.2, 0) is 18.4 Å². The number of nitrogens with zero attached hydrogens (tertiary/aromatic N) is 6. The zero-order valence-corrected chi connectivity index (χ0v) is 13.6. The van der Waals surface area contributed by atoms with Crippen LogP contribution < -0.4 is 5.32 Å². The molecule has 1 atom stereocenters. The van der Waals surface area contributed by atoms with Crippen molar-refractivity contribution in [3.05, 3.63) is 30.4 Å². The van der Waals surface area contributed by atoms with Gasteiger partial charge >= 0.3 is 0 Å². The first-order chi connectivity index (χ1) is 11.2. The third kappa shape index (κ3) is 3.42. The van der Waals surface area contributed by atoms with Crippen LogP contribution in [0.1, 0.15) is 30.4 Å². The normalized spacial score (nSPS) is 18.3. The Bertz CT molecular complexity index is 649. The summed E-state index contributed by atoms with van der Waals surface area (Å²) < 4.78 is 4.02. The van der Waals surface area contributed by atoms with E-state index in [-0.39, 0.29) is 11.8 Å². The number of piperidine rings is 1. The minimum atomic E-state index is 0.151. The lowest BCUT2D eigenvalue weighted by Crippen LogP contribution is -2.43. The van der Waals surface area contributed by atoms with E-state index in [9.17, 15) is 4.79 Å². The van der Waals surface area contributed by atoms with Crippen molar-refractivity contribution >= 4 is 5.91 Å². The molecule has 0 spiro atoms. The van der Waals surface area contributed by atoms with Crippen LogP contribution in [0.2, 0.25) is 0 Å². The molecule has 1 N–H and O–H groups in total. The molecule has 0 aliphatic carbocycles. The maximum Gasteiger partial charge on any atom is 0.236 e. The Labute approximate surface area is 135 Å². The summed E-state index contributed by atoms with van der Waals surface area (Å²) in [6.45, 7) is 2.59. The molecule has 1 aliphatic rings. The zero-order valence-electron chi connectivity index (χ0n) is 13.6. The zero-order chi connectivity index (χ0) is 16.2. The molecule has 23 heavy (non-hydrogen) atoms. The number of amides is 1. The highest BCUT2D eigenvalue weighted by atomic mass is 16.2. The summed E-state index contributed by atoms with van der Waals surface area (Å²) in [4.78, 5) is 18.1. The lowest BCUT2D eigenvalue weighted by molar-refractivity contribution is -0.131. The Morgan fingerprint density at radius 1 is 1.43 bits per heavy atom. The first kappa shape index (κ1) is 15.7. The second kappa shape index (κ2) is 6.91. The van der Waals surface area contributed by atoms with Gasteiger partial charge in [0, 0.05) is 38.4 Å². The maximum atomic E-state index is 12.1. The fourth-order valence-corrected chi connectivity index (χ4v) is 3.09. The standard InChI is InChI=1S/C15H23N7O/c1-16-8-14(23)22-6-3-4-12(9-22)15-19-18-13(20(15)2)10-21-7-5-17-11-21/h5,7,11-12,16H,3-4,6,8-10H2,1-2H3/t12-/m1/s1. The molecule has 1 aliphatic heterocycles. The monoisotopic (exact) mass is 317 g/mol. The van der Waals surface area contributed by atoms with E-state index < -0.39 is 0 Å². The first-order valence-corrected chi connectivity index (χ1v) is 7.95. The van der Waals surface area contributed by atoms with Crippen LogP contribution in [0.3, 0.4) is 0 Å². The van der Waals surface area contributed by atoms with Gasteiger partial charge in [-0.05, 0) is 19.9 Å². The molecular weight excluding hydrogens is 294 g/mol. The largest absolute Gasteiger partial charge is 0.341 e. The maximum absolute atomic E-state index is 12.1. The number of imidazole rings is 1. The van der Waals surface area contributed by atoms with Gasteiger partial charge in [-0.3, -0.25) is 4.79 Å². The fraction of sp³-hybridized carbons (Fsp3) is 0.600. The van der Waals surface area contributed by atoms with Gasteiger partial charge in [0.1, 0.15) is 5.82 Å². The summed E-state index contributed by atoms with van der Waals surface area (Å²) in [5.41, 5.74) is 0. The van der Waals surface area contributed by atoms with E-state index in [1.54, 1.807) is 19.6 Å². The van der Waals surface area contributed by atoms with E-state index in [4.69, 9.17) is 0 Å². The summed E-state index contributed by atoms with van der Waals surface area (Å²) in [5, 5.41) is 11.6. The van der Waals surface area contributed by atoms with E-state index in [1.165, 1.54) is 0 Å². The van der Waals surface area contributed by atoms with Gasteiger partial charge in [0.05, 0.1) is 19.4 Å². The van der Waals surface area contributed by atoms with Gasteiger partial charge < -0.3 is 19.4 Å². The van der Waals surface area contributed by atoms with Crippen molar-refractivity contribution in [1.29, 1.82) is 0 Å². The molecule has 0 radical (unpaired) electrons. The quantitative estimate of drug-likeness (QED) is 0.838. The molecule has 8 nitrogen and oxygen atoms in total. The molecule has 2 aromatic heterocycles. The molecule has 124 valence electrons. The van der Waals surface area contributed by atoms with E-state index in [0.717, 1.165) is 37.6 Å². The average molecular weight is 317 g/mol. The summed E-state index contributed by atoms with van der Waals surface area (Å²) in [6.07, 6.45) is 7.48. The number of aromatic nitrogens is 5. The predicted octanol–water partition coefficient (Wildman–Crippen LogP) is -0.0147. The summed E-state index contributed by atoms with van der Waals surface area (Å²) in [5.74, 6) is 2.26. The third-order valence-corrected chi connectivity index (χ3v) is 4.35. The molecule has 2 aromatic rings. The van der Waals surface area contributed by atoms with Crippen molar-refractivity contribution in [2.24, 2.45) is 7.05 Å². The fourth-order valence-electron chi connectivity index (χ4n) is 3.09. The van der Waals surface area contributed by atoms with E-state index >= 15 is 0 Å². The number of carbonyl (C=O) groups is 1. The minimum absolute atomic E-state index is 0.151. The van der Waals surface area contributed by atoms with Crippen LogP contribution >= 0.6 is 0 Å². The Morgan fingerprint density at radius 3 is 3.04 bits per heavy atom. The Morgan fingerprint density at radius 2 is 2.30 bits per heavy atom. The molecule has 0 aromatic carbocycles. The Balaban J connectivity index is 1.71. The SMILES string of the molecule is CNCC(=O)N1CCC[C@@H](c2nnc(Cn3ccnc3)n2C)C1. The molecule has 0 saturated carbocycles. The predicted molar refractivity (Wildman–Crippen MR) is 84.8 cm³/mol. The van der Waals surface area contributed by atoms with E-state index in [1.807, 2.05) is 22.7 Å². The van der Waals surface area contributed by atoms with Gasteiger partial charge in [-0.2, -0.15) is 0 Å². The number of hydrogen-bond donors (Lipinski definition) is 1. The number of hydrogen-bond acceptors (Lipinski definition) is 5. The lowest BCUT2D eigenvalue weighted by atomic mass is 9.97. The number of nitrogens with one attached hydrogen (secondary N) is 1. The van der Waals surface area contributed by atoms with Crippen molar-refractivity contribution in [2.45, 2.75) is 25.3 Å². The van der Waals surface area contributed by atoms with Gasteiger partial charge in [0.25, 0.3) is 0 Å². The first-order valence-electron chi connectivity index (χ1n) is 7.95. The van der Waals surface area contributed by atoms with Crippen molar-refractivity contribution in [2.75, 3.05) is 26.7 Å². The molecule has 1 amide bonds. The van der Waals surface area contributed by atoms with Crippen LogP contribution in [0.15, 0.2) is 18.7 Å². The molecule has 3 heterocycles. The molecule has 0 unspecified atom stereocenters. The van der Waals surface area contributed by atoms with Gasteiger partial charge in [0.15, 0.2) is 5.82 Å². The highest BCUT2D eigenvalue weighted by molar-refractivity contribution is 5.78. The van der Waals surface area contributed by atoms with Gasteiger partial charge in [-0.1, -0.05) is 0 Å². The van der Waals surface area contributed by atoms with Crippen LogP contribution in [0, 0.1) is 0 Å². The third-order valence-electron chi connectivity index (χ3n) is 4.35. The molecule has 8 heteroatoms. The van der Waals surface area contributed by atoms with Crippen molar-refractivity contribution in [3.8, 4) is 0 Å². The van der Waals surface area contributed by atoms with E-state index in [0.29, 0.717) is 13.1 Å². The van der Waals surface area contributed by atoms with Crippen LogP contribution in [-0.4, -0.2) is 61.8 Å². The van der Waals surface area contributed by atoms with Gasteiger partial charge in [0.2, 0.25) is 5.91 Å². The van der Waals surface area contributed by atoms with Crippen LogP contribution in [0.25, 0.3) is 0 Å². The topological polar surface area (TPSA) is 80.9 Å². The molecule has 1 saturated heterocycles. The van der Waals surface area contributed by atoms with Gasteiger partial charge in [-0.25, -0.2) is 4.98 Å². The average Bonchev–Trinajstić information content (AvgIpc) is 3.19. The van der Waals surface area contributed by atoms with Crippen LogP contribution in [0.4, 0.5) is 0 Å². The molecule has 3 rings (SSSR count). The Kier molecular flexibility index (Phi) is 4.71. The number of likely N-dealkylation sites (tertiary alicyclic amines) is 1. The smallest absolute Gasteiger partial charge is 0.236 e. The summed E-state index contributed by atoms with van der Waals surface area (Å²) in [7, 11) is 3.79. The number of carbonyl (C=O) groups excluding carboxylic acids is 1. The van der Waals surface area contributed by atoms with Crippen molar-refractivity contribution in [3.63, 3.8) is 0 Å². The minimum Gasteiger partial charge on any atom is -0.341 e. The van der Waals surface area contributed by atoms with Crippen molar-refractivity contribution < 1.29 is 4.79 Å². The second-order valence-corrected chi connectivity index (χ2v) is 5.98. The van der Waals surface area contributed by atoms with Crippen molar-refractivity contribution in [1.82, 2.24) is 34.5 Å². The molecular formula is C15H23N7O. The highest BCUT2D eigenvalue weighted by Gasteiger charge is 2.28. The number of rotatable bonds is 5. The lowest BCUT2D eigenvalue weighted by Gasteiger charge is -2.32. The van der Waals surface area contributed by atoms with Gasteiger partial charge in [-0.15, -0.1) is 10.2 Å².